The van der Waals surface area contributed by atoms with Crippen molar-refractivity contribution in [2.24, 2.45) is 0 Å². The normalized spacial score (nSPS) is 10.9. The van der Waals surface area contributed by atoms with E-state index in [1.165, 1.54) is 9.13 Å². The Balaban J connectivity index is 2.02. The summed E-state index contributed by atoms with van der Waals surface area (Å²) in [6.07, 6.45) is 1.83. The molecule has 146 valence electrons. The van der Waals surface area contributed by atoms with Crippen LogP contribution in [0.4, 0.5) is 0 Å². The number of carbonyl (C=O) groups is 1. The van der Waals surface area contributed by atoms with Gasteiger partial charge in [-0.2, -0.15) is 0 Å². The first kappa shape index (κ1) is 19.9. The van der Waals surface area contributed by atoms with E-state index in [9.17, 15) is 14.4 Å². The third-order valence-corrected chi connectivity index (χ3v) is 4.80. The van der Waals surface area contributed by atoms with Gasteiger partial charge in [-0.05, 0) is 36.2 Å². The summed E-state index contributed by atoms with van der Waals surface area (Å²) in [5.74, 6) is -0.282. The first-order valence-corrected chi connectivity index (χ1v) is 9.62. The summed E-state index contributed by atoms with van der Waals surface area (Å²) in [6.45, 7) is 2.65. The minimum absolute atomic E-state index is 0.180. The van der Waals surface area contributed by atoms with Gasteiger partial charge in [0.15, 0.2) is 0 Å². The first-order valence-electron chi connectivity index (χ1n) is 9.24. The number of hydrogen-bond acceptors (Lipinski definition) is 3. The summed E-state index contributed by atoms with van der Waals surface area (Å²) in [5, 5.41) is 3.39. The summed E-state index contributed by atoms with van der Waals surface area (Å²) in [7, 11) is 0. The van der Waals surface area contributed by atoms with Gasteiger partial charge >= 0.3 is 11.1 Å². The highest BCUT2D eigenvalue weighted by Crippen LogP contribution is 2.14. The lowest BCUT2D eigenvalue weighted by Crippen LogP contribution is -2.44. The molecule has 3 aromatic rings. The van der Waals surface area contributed by atoms with E-state index in [-0.39, 0.29) is 19.0 Å². The maximum atomic E-state index is 12.8. The lowest BCUT2D eigenvalue weighted by atomic mass is 10.2. The zero-order valence-corrected chi connectivity index (χ0v) is 16.4. The van der Waals surface area contributed by atoms with Crippen LogP contribution in [0.5, 0.6) is 0 Å². The van der Waals surface area contributed by atoms with E-state index in [0.717, 1.165) is 18.4 Å². The molecule has 6 nitrogen and oxygen atoms in total. The Kier molecular flexibility index (Phi) is 6.31. The van der Waals surface area contributed by atoms with Gasteiger partial charge in [-0.1, -0.05) is 49.2 Å². The van der Waals surface area contributed by atoms with Gasteiger partial charge in [0.05, 0.1) is 17.6 Å². The Morgan fingerprint density at radius 1 is 0.964 bits per heavy atom. The number of benzene rings is 2. The molecule has 0 aliphatic rings. The van der Waals surface area contributed by atoms with Crippen molar-refractivity contribution in [2.45, 2.75) is 32.9 Å². The molecule has 1 aromatic heterocycles. The largest absolute Gasteiger partial charge is 0.355 e. The summed E-state index contributed by atoms with van der Waals surface area (Å²) in [6, 6.07) is 14.2. The standard InChI is InChI=1S/C21H22ClN3O3/c1-2-3-12-23-19(26)14-25-18-7-5-4-6-17(18)24(20(27)21(25)28)13-15-8-10-16(22)11-9-15/h4-11H,2-3,12-14H2,1H3,(H,23,26). The Bertz CT molecular complexity index is 1100. The smallest absolute Gasteiger partial charge is 0.317 e. The molecule has 0 saturated heterocycles. The maximum Gasteiger partial charge on any atom is 0.317 e. The van der Waals surface area contributed by atoms with Gasteiger partial charge in [-0.15, -0.1) is 0 Å². The summed E-state index contributed by atoms with van der Waals surface area (Å²) in [5.41, 5.74) is 0.634. The van der Waals surface area contributed by atoms with Crippen molar-refractivity contribution in [2.75, 3.05) is 6.54 Å². The number of amides is 1. The molecule has 0 radical (unpaired) electrons. The van der Waals surface area contributed by atoms with Crippen molar-refractivity contribution in [1.29, 1.82) is 0 Å². The molecule has 1 amide bonds. The fourth-order valence-electron chi connectivity index (χ4n) is 3.06. The highest BCUT2D eigenvalue weighted by molar-refractivity contribution is 6.30. The zero-order chi connectivity index (χ0) is 20.1. The minimum atomic E-state index is -0.710. The van der Waals surface area contributed by atoms with Gasteiger partial charge in [0.2, 0.25) is 5.91 Å². The van der Waals surface area contributed by atoms with Crippen LogP contribution >= 0.6 is 11.6 Å². The van der Waals surface area contributed by atoms with Gasteiger partial charge in [-0.25, -0.2) is 0 Å². The van der Waals surface area contributed by atoms with Crippen LogP contribution in [0.2, 0.25) is 5.02 Å². The highest BCUT2D eigenvalue weighted by Gasteiger charge is 2.15. The molecule has 0 atom stereocenters. The van der Waals surface area contributed by atoms with Crippen molar-refractivity contribution in [1.82, 2.24) is 14.5 Å². The van der Waals surface area contributed by atoms with E-state index in [4.69, 9.17) is 11.6 Å². The number of nitrogens with one attached hydrogen (secondary N) is 1. The number of fused-ring (bicyclic) bond motifs is 1. The Hall–Kier alpha value is -2.86. The van der Waals surface area contributed by atoms with Crippen molar-refractivity contribution in [3.8, 4) is 0 Å². The Morgan fingerprint density at radius 2 is 1.57 bits per heavy atom. The van der Waals surface area contributed by atoms with Crippen LogP contribution in [0.25, 0.3) is 11.0 Å². The number of halogens is 1. The molecular weight excluding hydrogens is 378 g/mol. The third kappa shape index (κ3) is 4.34. The number of aromatic nitrogens is 2. The summed E-state index contributed by atoms with van der Waals surface area (Å²) >= 11 is 5.92. The molecule has 28 heavy (non-hydrogen) atoms. The van der Waals surface area contributed by atoms with E-state index >= 15 is 0 Å². The molecule has 0 unspecified atom stereocenters. The van der Waals surface area contributed by atoms with Crippen LogP contribution in [0.3, 0.4) is 0 Å². The quantitative estimate of drug-likeness (QED) is 0.490. The van der Waals surface area contributed by atoms with Gasteiger partial charge in [-0.3, -0.25) is 23.5 Å². The lowest BCUT2D eigenvalue weighted by Gasteiger charge is -2.15. The average molecular weight is 400 g/mol. The predicted molar refractivity (Wildman–Crippen MR) is 111 cm³/mol. The fourth-order valence-corrected chi connectivity index (χ4v) is 3.19. The molecule has 3 rings (SSSR count). The van der Waals surface area contributed by atoms with Crippen molar-refractivity contribution >= 4 is 28.5 Å². The zero-order valence-electron chi connectivity index (χ0n) is 15.7. The molecule has 1 N–H and O–H groups in total. The maximum absolute atomic E-state index is 12.8. The number of rotatable bonds is 7. The minimum Gasteiger partial charge on any atom is -0.355 e. The van der Waals surface area contributed by atoms with Gasteiger partial charge in [0.25, 0.3) is 0 Å². The van der Waals surface area contributed by atoms with E-state index in [2.05, 4.69) is 5.32 Å². The second-order valence-electron chi connectivity index (χ2n) is 6.60. The van der Waals surface area contributed by atoms with Gasteiger partial charge < -0.3 is 5.32 Å². The molecule has 0 fully saturated rings. The van der Waals surface area contributed by atoms with Crippen molar-refractivity contribution in [3.63, 3.8) is 0 Å². The number of para-hydroxylation sites is 2. The molecule has 0 saturated carbocycles. The summed E-state index contributed by atoms with van der Waals surface area (Å²) in [4.78, 5) is 37.7. The topological polar surface area (TPSA) is 73.1 Å². The van der Waals surface area contributed by atoms with Crippen LogP contribution in [-0.4, -0.2) is 21.6 Å². The van der Waals surface area contributed by atoms with E-state index in [1.807, 2.05) is 19.1 Å². The lowest BCUT2D eigenvalue weighted by molar-refractivity contribution is -0.121. The van der Waals surface area contributed by atoms with Gasteiger partial charge in [0.1, 0.15) is 6.54 Å². The first-order chi connectivity index (χ1) is 13.5. The van der Waals surface area contributed by atoms with Crippen molar-refractivity contribution < 1.29 is 4.79 Å². The molecule has 7 heteroatoms. The van der Waals surface area contributed by atoms with Crippen LogP contribution < -0.4 is 16.4 Å². The molecular formula is C21H22ClN3O3. The highest BCUT2D eigenvalue weighted by atomic mass is 35.5. The molecule has 0 bridgehead atoms. The SMILES string of the molecule is CCCCNC(=O)Cn1c(=O)c(=O)n(Cc2ccc(Cl)cc2)c2ccccc21. The van der Waals surface area contributed by atoms with Crippen LogP contribution in [0.15, 0.2) is 58.1 Å². The molecule has 0 aliphatic carbocycles. The third-order valence-electron chi connectivity index (χ3n) is 4.54. The fraction of sp³-hybridized carbons (Fsp3) is 0.286. The van der Waals surface area contributed by atoms with Crippen molar-refractivity contribution in [3.05, 3.63) is 79.8 Å². The van der Waals surface area contributed by atoms with E-state index in [0.29, 0.717) is 22.6 Å². The molecule has 0 aliphatic heterocycles. The second kappa shape index (κ2) is 8.89. The number of hydrogen-bond donors (Lipinski definition) is 1. The van der Waals surface area contributed by atoms with Crippen LogP contribution in [-0.2, 0) is 17.9 Å². The molecule has 0 spiro atoms. The number of unbranched alkanes of at least 4 members (excludes halogenated alkanes) is 1. The average Bonchev–Trinajstić information content (AvgIpc) is 2.70. The second-order valence-corrected chi connectivity index (χ2v) is 7.04. The van der Waals surface area contributed by atoms with Crippen LogP contribution in [0, 0.1) is 0 Å². The van der Waals surface area contributed by atoms with E-state index < -0.39 is 11.1 Å². The molecule has 2 aromatic carbocycles. The van der Waals surface area contributed by atoms with E-state index in [1.54, 1.807) is 36.4 Å². The molecule has 1 heterocycles. The number of nitrogens with zero attached hydrogens (tertiary/aromatic N) is 2. The van der Waals surface area contributed by atoms with Gasteiger partial charge in [0, 0.05) is 11.6 Å². The predicted octanol–water partition coefficient (Wildman–Crippen LogP) is 2.78. The monoisotopic (exact) mass is 399 g/mol. The number of carbonyl (C=O) groups excluding carboxylic acids is 1. The Morgan fingerprint density at radius 3 is 2.21 bits per heavy atom. The van der Waals surface area contributed by atoms with Crippen LogP contribution in [0.1, 0.15) is 25.3 Å². The summed E-state index contributed by atoms with van der Waals surface area (Å²) < 4.78 is 2.68. The Labute approximate surface area is 167 Å².